The van der Waals surface area contributed by atoms with Crippen molar-refractivity contribution in [3.8, 4) is 0 Å². The number of anilines is 2. The molecule has 17 heavy (non-hydrogen) atoms. The average Bonchev–Trinajstić information content (AvgIpc) is 2.24. The van der Waals surface area contributed by atoms with E-state index in [0.29, 0.717) is 6.54 Å². The predicted molar refractivity (Wildman–Crippen MR) is 66.6 cm³/mol. The zero-order valence-electron chi connectivity index (χ0n) is 10.0. The maximum atomic E-state index is 12.9. The van der Waals surface area contributed by atoms with E-state index in [1.54, 1.807) is 0 Å². The van der Waals surface area contributed by atoms with Crippen molar-refractivity contribution < 1.29 is 8.78 Å². The standard InChI is InChI=1S/C13H18F2N2/c1-13(14,15)6-8-17-7-2-3-10-9-11(16)4-5-12(10)17/h4-5,9H,2-3,6-8,16H2,1H3. The van der Waals surface area contributed by atoms with Crippen molar-refractivity contribution in [2.75, 3.05) is 23.7 Å². The molecule has 0 atom stereocenters. The monoisotopic (exact) mass is 240 g/mol. The molecule has 1 heterocycles. The average molecular weight is 240 g/mol. The number of hydrogen-bond donors (Lipinski definition) is 1. The van der Waals surface area contributed by atoms with Crippen molar-refractivity contribution in [1.82, 2.24) is 0 Å². The van der Waals surface area contributed by atoms with Crippen molar-refractivity contribution in [2.24, 2.45) is 0 Å². The van der Waals surface area contributed by atoms with Gasteiger partial charge in [0, 0.05) is 30.9 Å². The molecule has 0 fully saturated rings. The minimum atomic E-state index is -2.59. The molecular formula is C13H18F2N2. The molecule has 1 aromatic rings. The Hall–Kier alpha value is -1.32. The number of hydrogen-bond acceptors (Lipinski definition) is 2. The lowest BCUT2D eigenvalue weighted by molar-refractivity contribution is 0.0150. The first kappa shape index (κ1) is 12.1. The topological polar surface area (TPSA) is 29.3 Å². The summed E-state index contributed by atoms with van der Waals surface area (Å²) in [4.78, 5) is 2.04. The third kappa shape index (κ3) is 3.08. The molecule has 0 aromatic heterocycles. The van der Waals surface area contributed by atoms with E-state index in [1.165, 1.54) is 5.56 Å². The number of rotatable bonds is 3. The predicted octanol–water partition coefficient (Wildman–Crippen LogP) is 3.07. The van der Waals surface area contributed by atoms with Gasteiger partial charge in [0.2, 0.25) is 5.92 Å². The third-order valence-corrected chi connectivity index (χ3v) is 3.14. The van der Waals surface area contributed by atoms with Gasteiger partial charge < -0.3 is 10.6 Å². The van der Waals surface area contributed by atoms with Gasteiger partial charge in [0.15, 0.2) is 0 Å². The van der Waals surface area contributed by atoms with Crippen LogP contribution in [0.1, 0.15) is 25.3 Å². The maximum absolute atomic E-state index is 12.9. The van der Waals surface area contributed by atoms with Crippen LogP contribution in [0.25, 0.3) is 0 Å². The second-order valence-electron chi connectivity index (χ2n) is 4.80. The first-order valence-corrected chi connectivity index (χ1v) is 5.97. The van der Waals surface area contributed by atoms with E-state index >= 15 is 0 Å². The number of nitrogen functional groups attached to an aromatic ring is 1. The summed E-state index contributed by atoms with van der Waals surface area (Å²) in [5.74, 6) is -2.59. The Morgan fingerprint density at radius 2 is 2.18 bits per heavy atom. The summed E-state index contributed by atoms with van der Waals surface area (Å²) in [6, 6.07) is 5.73. The van der Waals surface area contributed by atoms with E-state index in [9.17, 15) is 8.78 Å². The number of alkyl halides is 2. The van der Waals surface area contributed by atoms with Gasteiger partial charge in [0.25, 0.3) is 0 Å². The molecule has 0 amide bonds. The van der Waals surface area contributed by atoms with Gasteiger partial charge in [-0.2, -0.15) is 0 Å². The normalized spacial score (nSPS) is 15.8. The van der Waals surface area contributed by atoms with Gasteiger partial charge in [-0.3, -0.25) is 0 Å². The minimum absolute atomic E-state index is 0.100. The molecular weight excluding hydrogens is 222 g/mol. The number of fused-ring (bicyclic) bond motifs is 1. The summed E-state index contributed by atoms with van der Waals surface area (Å²) in [7, 11) is 0. The second kappa shape index (κ2) is 4.51. The van der Waals surface area contributed by atoms with Crippen LogP contribution in [0.3, 0.4) is 0 Å². The van der Waals surface area contributed by atoms with Crippen LogP contribution in [0, 0.1) is 0 Å². The quantitative estimate of drug-likeness (QED) is 0.823. The van der Waals surface area contributed by atoms with Crippen molar-refractivity contribution in [2.45, 2.75) is 32.1 Å². The zero-order valence-corrected chi connectivity index (χ0v) is 10.0. The summed E-state index contributed by atoms with van der Waals surface area (Å²) in [5, 5.41) is 0. The molecule has 4 heteroatoms. The van der Waals surface area contributed by atoms with E-state index in [0.717, 1.165) is 37.7 Å². The number of halogens is 2. The molecule has 0 saturated heterocycles. The number of nitrogens with zero attached hydrogens (tertiary/aromatic N) is 1. The molecule has 0 unspecified atom stereocenters. The fraction of sp³-hybridized carbons (Fsp3) is 0.538. The molecule has 2 nitrogen and oxygen atoms in total. The van der Waals surface area contributed by atoms with E-state index < -0.39 is 5.92 Å². The molecule has 94 valence electrons. The molecule has 0 radical (unpaired) electrons. The smallest absolute Gasteiger partial charge is 0.247 e. The van der Waals surface area contributed by atoms with E-state index in [4.69, 9.17) is 5.73 Å². The van der Waals surface area contributed by atoms with Crippen molar-refractivity contribution in [1.29, 1.82) is 0 Å². The molecule has 1 aliphatic rings. The van der Waals surface area contributed by atoms with Gasteiger partial charge in [0.05, 0.1) is 0 Å². The summed E-state index contributed by atoms with van der Waals surface area (Å²) < 4.78 is 25.7. The van der Waals surface area contributed by atoms with Gasteiger partial charge in [-0.05, 0) is 43.5 Å². The lowest BCUT2D eigenvalue weighted by Gasteiger charge is -2.32. The van der Waals surface area contributed by atoms with E-state index in [1.807, 2.05) is 23.1 Å². The second-order valence-corrected chi connectivity index (χ2v) is 4.80. The molecule has 0 aliphatic carbocycles. The van der Waals surface area contributed by atoms with Crippen LogP contribution in [-0.4, -0.2) is 19.0 Å². The molecule has 2 rings (SSSR count). The number of nitrogens with two attached hydrogens (primary N) is 1. The number of benzene rings is 1. The number of aryl methyl sites for hydroxylation is 1. The highest BCUT2D eigenvalue weighted by Crippen LogP contribution is 2.30. The molecule has 1 aliphatic heterocycles. The Bertz CT molecular complexity index is 399. The highest BCUT2D eigenvalue weighted by Gasteiger charge is 2.24. The summed E-state index contributed by atoms with van der Waals surface area (Å²) >= 11 is 0. The Morgan fingerprint density at radius 1 is 1.41 bits per heavy atom. The Labute approximate surface area is 100 Å². The minimum Gasteiger partial charge on any atom is -0.399 e. The van der Waals surface area contributed by atoms with Crippen LogP contribution in [0.2, 0.25) is 0 Å². The van der Waals surface area contributed by atoms with Gasteiger partial charge in [-0.1, -0.05) is 0 Å². The highest BCUT2D eigenvalue weighted by atomic mass is 19.3. The zero-order chi connectivity index (χ0) is 12.5. The van der Waals surface area contributed by atoms with Crippen LogP contribution < -0.4 is 10.6 Å². The fourth-order valence-electron chi connectivity index (χ4n) is 2.26. The lowest BCUT2D eigenvalue weighted by atomic mass is 10.0. The van der Waals surface area contributed by atoms with Crippen molar-refractivity contribution >= 4 is 11.4 Å². The van der Waals surface area contributed by atoms with Crippen LogP contribution >= 0.6 is 0 Å². The van der Waals surface area contributed by atoms with Crippen LogP contribution in [0.5, 0.6) is 0 Å². The molecule has 0 spiro atoms. The SMILES string of the molecule is CC(F)(F)CCN1CCCc2cc(N)ccc21. The third-order valence-electron chi connectivity index (χ3n) is 3.14. The summed E-state index contributed by atoms with van der Waals surface area (Å²) in [6.45, 7) is 2.23. The van der Waals surface area contributed by atoms with Gasteiger partial charge in [0.1, 0.15) is 0 Å². The van der Waals surface area contributed by atoms with Gasteiger partial charge >= 0.3 is 0 Å². The maximum Gasteiger partial charge on any atom is 0.247 e. The summed E-state index contributed by atoms with van der Waals surface area (Å²) in [5.41, 5.74) is 8.72. The highest BCUT2D eigenvalue weighted by molar-refractivity contribution is 5.61. The lowest BCUT2D eigenvalue weighted by Crippen LogP contribution is -2.33. The molecule has 1 aromatic carbocycles. The Balaban J connectivity index is 2.12. The largest absolute Gasteiger partial charge is 0.399 e. The Morgan fingerprint density at radius 3 is 2.88 bits per heavy atom. The molecule has 0 bridgehead atoms. The van der Waals surface area contributed by atoms with Crippen LogP contribution in [-0.2, 0) is 6.42 Å². The van der Waals surface area contributed by atoms with Gasteiger partial charge in [-0.25, -0.2) is 8.78 Å². The van der Waals surface area contributed by atoms with Crippen LogP contribution in [0.4, 0.5) is 20.2 Å². The van der Waals surface area contributed by atoms with E-state index in [-0.39, 0.29) is 6.42 Å². The van der Waals surface area contributed by atoms with Crippen molar-refractivity contribution in [3.63, 3.8) is 0 Å². The van der Waals surface area contributed by atoms with Crippen molar-refractivity contribution in [3.05, 3.63) is 23.8 Å². The van der Waals surface area contributed by atoms with Gasteiger partial charge in [-0.15, -0.1) is 0 Å². The summed E-state index contributed by atoms with van der Waals surface area (Å²) in [6.07, 6.45) is 1.89. The Kier molecular flexibility index (Phi) is 3.22. The molecule has 2 N–H and O–H groups in total. The first-order chi connectivity index (χ1) is 7.96. The fourth-order valence-corrected chi connectivity index (χ4v) is 2.26. The van der Waals surface area contributed by atoms with Crippen LogP contribution in [0.15, 0.2) is 18.2 Å². The van der Waals surface area contributed by atoms with E-state index in [2.05, 4.69) is 0 Å². The molecule has 0 saturated carbocycles. The first-order valence-electron chi connectivity index (χ1n) is 5.97.